The Labute approximate surface area is 227 Å². The molecule has 4 rings (SSSR count). The lowest BCUT2D eigenvalue weighted by Crippen LogP contribution is -2.66. The van der Waals surface area contributed by atoms with Crippen molar-refractivity contribution in [3.63, 3.8) is 0 Å². The van der Waals surface area contributed by atoms with E-state index in [1.54, 1.807) is 0 Å². The van der Waals surface area contributed by atoms with E-state index in [1.807, 2.05) is 0 Å². The number of nitrogens with one attached hydrogen (secondary N) is 1. The van der Waals surface area contributed by atoms with Crippen molar-refractivity contribution < 1.29 is 84.7 Å². The summed E-state index contributed by atoms with van der Waals surface area (Å²) in [5.41, 5.74) is 0. The van der Waals surface area contributed by atoms with Crippen molar-refractivity contribution in [2.24, 2.45) is 0 Å². The Morgan fingerprint density at radius 3 is 1.55 bits per heavy atom. The first-order valence-corrected chi connectivity index (χ1v) is 12.8. The van der Waals surface area contributed by atoms with Gasteiger partial charge in [-0.15, -0.1) is 0 Å². The molecule has 12 N–H and O–H groups in total. The molecule has 40 heavy (non-hydrogen) atoms. The highest BCUT2D eigenvalue weighted by Crippen LogP contribution is 2.32. The normalized spacial score (nSPS) is 47.8. The number of rotatable bonds is 7. The lowest BCUT2D eigenvalue weighted by Gasteiger charge is -2.47. The van der Waals surface area contributed by atoms with Gasteiger partial charge in [0.05, 0.1) is 19.8 Å². The van der Waals surface area contributed by atoms with Crippen LogP contribution in [0.25, 0.3) is 0 Å². The fraction of sp³-hybridized carbons (Fsp3) is 0.955. The molecule has 0 saturated carbocycles. The van der Waals surface area contributed by atoms with Crippen LogP contribution in [0.4, 0.5) is 0 Å². The predicted octanol–water partition coefficient (Wildman–Crippen LogP) is -7.68. The number of carbonyl (C=O) groups is 1. The third-order valence-electron chi connectivity index (χ3n) is 6.99. The van der Waals surface area contributed by atoms with Gasteiger partial charge >= 0.3 is 0 Å². The molecule has 0 aromatic rings. The topological polar surface area (TPSA) is 298 Å². The Bertz CT molecular complexity index is 780. The summed E-state index contributed by atoms with van der Waals surface area (Å²) in [5, 5.41) is 112. The van der Waals surface area contributed by atoms with Crippen molar-refractivity contribution in [2.75, 3.05) is 26.4 Å². The zero-order valence-corrected chi connectivity index (χ0v) is 21.3. The molecule has 4 aliphatic rings. The van der Waals surface area contributed by atoms with Crippen LogP contribution in [0.15, 0.2) is 0 Å². The summed E-state index contributed by atoms with van der Waals surface area (Å²) in [6.07, 6.45) is -23.4. The van der Waals surface area contributed by atoms with Gasteiger partial charge in [0.15, 0.2) is 18.9 Å². The Morgan fingerprint density at radius 1 is 0.625 bits per heavy atom. The van der Waals surface area contributed by atoms with Gasteiger partial charge < -0.3 is 85.2 Å². The van der Waals surface area contributed by atoms with Crippen LogP contribution < -0.4 is 5.32 Å². The number of aliphatic hydroxyl groups is 11. The highest BCUT2D eigenvalue weighted by Gasteiger charge is 2.53. The van der Waals surface area contributed by atoms with E-state index in [4.69, 9.17) is 23.7 Å². The minimum atomic E-state index is -1.91. The summed E-state index contributed by atoms with van der Waals surface area (Å²) in [6, 6.07) is 0. The molecule has 0 aromatic carbocycles. The predicted molar refractivity (Wildman–Crippen MR) is 123 cm³/mol. The number of hydrogen-bond donors (Lipinski definition) is 12. The molecule has 1 amide bonds. The smallest absolute Gasteiger partial charge is 0.220 e. The Balaban J connectivity index is 0.000000649. The van der Waals surface area contributed by atoms with Gasteiger partial charge in [-0.1, -0.05) is 0 Å². The van der Waals surface area contributed by atoms with E-state index in [0.29, 0.717) is 0 Å². The molecule has 0 bridgehead atoms. The van der Waals surface area contributed by atoms with Gasteiger partial charge in [-0.25, -0.2) is 0 Å². The molecule has 0 aromatic heterocycles. The van der Waals surface area contributed by atoms with E-state index in [-0.39, 0.29) is 5.91 Å². The average molecular weight is 590 g/mol. The average Bonchev–Trinajstić information content (AvgIpc) is 3.43. The highest BCUT2D eigenvalue weighted by atomic mass is 16.8. The van der Waals surface area contributed by atoms with Crippen LogP contribution in [0.3, 0.4) is 0 Å². The second-order valence-electron chi connectivity index (χ2n) is 9.79. The van der Waals surface area contributed by atoms with Gasteiger partial charge in [-0.3, -0.25) is 4.79 Å². The minimum absolute atomic E-state index is 0.204. The second-order valence-corrected chi connectivity index (χ2v) is 9.79. The quantitative estimate of drug-likeness (QED) is 0.131. The van der Waals surface area contributed by atoms with Crippen LogP contribution >= 0.6 is 0 Å². The molecule has 1 unspecified atom stereocenters. The molecular weight excluding hydrogens is 550 g/mol. The Morgan fingerprint density at radius 2 is 1.10 bits per heavy atom. The van der Waals surface area contributed by atoms with Crippen molar-refractivity contribution in [2.45, 2.75) is 105 Å². The van der Waals surface area contributed by atoms with Gasteiger partial charge in [0, 0.05) is 13.0 Å². The number of amides is 1. The summed E-state index contributed by atoms with van der Waals surface area (Å²) >= 11 is 0. The molecule has 234 valence electrons. The first-order chi connectivity index (χ1) is 18.9. The lowest BCUT2D eigenvalue weighted by atomic mass is 9.96. The first-order valence-electron chi connectivity index (χ1n) is 12.8. The monoisotopic (exact) mass is 589 g/mol. The van der Waals surface area contributed by atoms with Crippen LogP contribution in [0.5, 0.6) is 0 Å². The maximum Gasteiger partial charge on any atom is 0.220 e. The lowest BCUT2D eigenvalue weighted by molar-refractivity contribution is -0.377. The van der Waals surface area contributed by atoms with Gasteiger partial charge in [0.1, 0.15) is 73.2 Å². The summed E-state index contributed by atoms with van der Waals surface area (Å²) in [5.74, 6) is 0.204. The van der Waals surface area contributed by atoms with E-state index in [1.165, 1.54) is 0 Å². The Kier molecular flexibility index (Phi) is 12.4. The summed E-state index contributed by atoms with van der Waals surface area (Å²) < 4.78 is 26.4. The van der Waals surface area contributed by atoms with E-state index in [9.17, 15) is 61.0 Å². The van der Waals surface area contributed by atoms with Crippen LogP contribution in [-0.4, -0.2) is 181 Å². The van der Waals surface area contributed by atoms with Crippen LogP contribution in [0.1, 0.15) is 12.8 Å². The third-order valence-corrected chi connectivity index (χ3v) is 6.99. The minimum Gasteiger partial charge on any atom is -0.394 e. The fourth-order valence-corrected chi connectivity index (χ4v) is 4.62. The van der Waals surface area contributed by atoms with E-state index >= 15 is 0 Å². The number of carbonyl (C=O) groups excluding carboxylic acids is 1. The molecule has 4 aliphatic heterocycles. The number of aliphatic hydroxyl groups excluding tert-OH is 11. The maximum atomic E-state index is 10.6. The van der Waals surface area contributed by atoms with Crippen LogP contribution in [0, 0.1) is 0 Å². The Hall–Kier alpha value is -1.17. The summed E-state index contributed by atoms with van der Waals surface area (Å²) in [4.78, 5) is 10.1. The highest BCUT2D eigenvalue weighted by molar-refractivity contribution is 5.77. The van der Waals surface area contributed by atoms with Crippen molar-refractivity contribution in [1.82, 2.24) is 5.32 Å². The zero-order valence-electron chi connectivity index (χ0n) is 21.3. The molecule has 0 aliphatic carbocycles. The molecule has 4 heterocycles. The zero-order chi connectivity index (χ0) is 29.7. The van der Waals surface area contributed by atoms with Gasteiger partial charge in [0.25, 0.3) is 0 Å². The molecule has 18 nitrogen and oxygen atoms in total. The number of hydrogen-bond acceptors (Lipinski definition) is 17. The summed E-state index contributed by atoms with van der Waals surface area (Å²) in [6.45, 7) is -1.43. The largest absolute Gasteiger partial charge is 0.394 e. The van der Waals surface area contributed by atoms with Crippen LogP contribution in [0.2, 0.25) is 0 Å². The summed E-state index contributed by atoms with van der Waals surface area (Å²) in [7, 11) is 0. The fourth-order valence-electron chi connectivity index (χ4n) is 4.62. The van der Waals surface area contributed by atoms with E-state index in [2.05, 4.69) is 5.32 Å². The molecule has 4 saturated heterocycles. The standard InChI is InChI=1S/C18H32O16.C4H7NO/c19-1-4-7(22)8(23)12(27)17(31-4)34-15-6(3-21)32-18(13(28)10(15)25)33-14-5(2-20)30-16(29)11(26)9(14)24;6-4-2-1-3-5-4/h4-29H,1-3H2;1-3H2,(H,5,6)/t4-,5-,6-,7-,8+,9-,10-,11-,12-,13-,14-,15-,16?,17+,18+;/m1./s1. The van der Waals surface area contributed by atoms with Crippen molar-refractivity contribution in [1.29, 1.82) is 0 Å². The molecule has 0 radical (unpaired) electrons. The van der Waals surface area contributed by atoms with Crippen molar-refractivity contribution in [3.05, 3.63) is 0 Å². The second kappa shape index (κ2) is 14.8. The first kappa shape index (κ1) is 33.3. The van der Waals surface area contributed by atoms with E-state index in [0.717, 1.165) is 19.4 Å². The van der Waals surface area contributed by atoms with Gasteiger partial charge in [-0.05, 0) is 6.42 Å². The maximum absolute atomic E-state index is 10.6. The molecule has 4 fully saturated rings. The molecular formula is C22H39NO17. The number of ether oxygens (including phenoxy) is 5. The van der Waals surface area contributed by atoms with E-state index < -0.39 is 112 Å². The van der Waals surface area contributed by atoms with Crippen molar-refractivity contribution in [3.8, 4) is 0 Å². The molecule has 18 heteroatoms. The molecule has 15 atom stereocenters. The van der Waals surface area contributed by atoms with Gasteiger partial charge in [-0.2, -0.15) is 0 Å². The van der Waals surface area contributed by atoms with Crippen molar-refractivity contribution >= 4 is 5.91 Å². The van der Waals surface area contributed by atoms with Crippen LogP contribution in [-0.2, 0) is 28.5 Å². The van der Waals surface area contributed by atoms with Gasteiger partial charge in [0.2, 0.25) is 5.91 Å². The third kappa shape index (κ3) is 7.42. The SMILES string of the molecule is O=C1CCCN1.OC[C@H]1O[C@@H](O[C@H]2[C@H](O)[C@@H](O)[C@H](O[C@H]3[C@H](O)[C@@H](O)C(O)O[C@@H]3CO)O[C@@H]2CO)[C@H](O)[C@@H](O)[C@@H]1O. The molecule has 0 spiro atoms.